The minimum absolute atomic E-state index is 0.202. The molecule has 0 bridgehead atoms. The molecular weight excluding hydrogens is 331 g/mol. The summed E-state index contributed by atoms with van der Waals surface area (Å²) in [7, 11) is 0. The smallest absolute Gasteiger partial charge is 0.406 e. The number of nitrogens with zero attached hydrogens (tertiary/aromatic N) is 2. The van der Waals surface area contributed by atoms with Crippen LogP contribution in [0.5, 0.6) is 5.75 Å². The van der Waals surface area contributed by atoms with Gasteiger partial charge in [-0.25, -0.2) is 9.52 Å². The SMILES string of the molecule is CC(C)(C)c1cc(CNCl)n(-c2cccc(OC(F)(F)F)c2)n1. The van der Waals surface area contributed by atoms with Gasteiger partial charge in [0.05, 0.1) is 23.6 Å². The molecule has 1 heterocycles. The Hall–Kier alpha value is -1.73. The number of hydrogen-bond donors (Lipinski definition) is 1. The molecule has 4 nitrogen and oxygen atoms in total. The highest BCUT2D eigenvalue weighted by Crippen LogP contribution is 2.27. The predicted molar refractivity (Wildman–Crippen MR) is 81.6 cm³/mol. The lowest BCUT2D eigenvalue weighted by molar-refractivity contribution is -0.274. The van der Waals surface area contributed by atoms with Crippen LogP contribution in [-0.2, 0) is 12.0 Å². The first-order valence-corrected chi connectivity index (χ1v) is 7.27. The van der Waals surface area contributed by atoms with Crippen molar-refractivity contribution in [2.45, 2.75) is 39.1 Å². The largest absolute Gasteiger partial charge is 0.573 e. The van der Waals surface area contributed by atoms with Crippen molar-refractivity contribution in [2.75, 3.05) is 0 Å². The molecule has 0 saturated heterocycles. The Bertz CT molecular complexity index is 677. The number of hydrogen-bond acceptors (Lipinski definition) is 3. The molecule has 0 unspecified atom stereocenters. The van der Waals surface area contributed by atoms with Crippen molar-refractivity contribution in [3.63, 3.8) is 0 Å². The van der Waals surface area contributed by atoms with Gasteiger partial charge in [-0.1, -0.05) is 26.8 Å². The van der Waals surface area contributed by atoms with E-state index in [4.69, 9.17) is 11.8 Å². The van der Waals surface area contributed by atoms with Gasteiger partial charge < -0.3 is 4.74 Å². The molecule has 126 valence electrons. The summed E-state index contributed by atoms with van der Waals surface area (Å²) in [5.41, 5.74) is 1.80. The monoisotopic (exact) mass is 347 g/mol. The fourth-order valence-corrected chi connectivity index (χ4v) is 2.15. The lowest BCUT2D eigenvalue weighted by atomic mass is 9.92. The Labute approximate surface area is 137 Å². The first-order valence-electron chi connectivity index (χ1n) is 6.89. The normalized spacial score (nSPS) is 12.5. The molecule has 0 amide bonds. The van der Waals surface area contributed by atoms with Gasteiger partial charge in [-0.3, -0.25) is 0 Å². The van der Waals surface area contributed by atoms with E-state index in [1.54, 1.807) is 10.7 Å². The molecular formula is C15H17ClF3N3O. The fraction of sp³-hybridized carbons (Fsp3) is 0.400. The molecule has 0 radical (unpaired) electrons. The number of nitrogens with one attached hydrogen (secondary N) is 1. The second-order valence-electron chi connectivity index (χ2n) is 6.04. The molecule has 8 heteroatoms. The molecule has 23 heavy (non-hydrogen) atoms. The lowest BCUT2D eigenvalue weighted by Crippen LogP contribution is -2.17. The van der Waals surface area contributed by atoms with E-state index in [0.29, 0.717) is 12.2 Å². The van der Waals surface area contributed by atoms with E-state index in [0.717, 1.165) is 11.4 Å². The Morgan fingerprint density at radius 3 is 2.48 bits per heavy atom. The van der Waals surface area contributed by atoms with Crippen LogP contribution in [-0.4, -0.2) is 16.1 Å². The fourth-order valence-electron chi connectivity index (χ4n) is 2.02. The van der Waals surface area contributed by atoms with E-state index in [1.165, 1.54) is 18.2 Å². The number of aromatic nitrogens is 2. The Morgan fingerprint density at radius 2 is 1.91 bits per heavy atom. The van der Waals surface area contributed by atoms with Gasteiger partial charge in [0, 0.05) is 11.5 Å². The van der Waals surface area contributed by atoms with Crippen LogP contribution in [0.15, 0.2) is 30.3 Å². The number of benzene rings is 1. The van der Waals surface area contributed by atoms with Crippen molar-refractivity contribution in [2.24, 2.45) is 0 Å². The van der Waals surface area contributed by atoms with E-state index < -0.39 is 6.36 Å². The molecule has 0 atom stereocenters. The molecule has 2 aromatic rings. The zero-order chi connectivity index (χ0) is 17.3. The molecule has 0 aliphatic rings. The number of rotatable bonds is 4. The Morgan fingerprint density at radius 1 is 1.22 bits per heavy atom. The first kappa shape index (κ1) is 17.6. The zero-order valence-electron chi connectivity index (χ0n) is 12.9. The van der Waals surface area contributed by atoms with Crippen molar-refractivity contribution >= 4 is 11.8 Å². The molecule has 0 aliphatic heterocycles. The second kappa shape index (κ2) is 6.41. The van der Waals surface area contributed by atoms with Crippen LogP contribution < -0.4 is 9.57 Å². The minimum atomic E-state index is -4.74. The van der Waals surface area contributed by atoms with Gasteiger partial charge in [0.1, 0.15) is 5.75 Å². The van der Waals surface area contributed by atoms with Gasteiger partial charge in [0.25, 0.3) is 0 Å². The minimum Gasteiger partial charge on any atom is -0.406 e. The predicted octanol–water partition coefficient (Wildman–Crippen LogP) is 4.31. The summed E-state index contributed by atoms with van der Waals surface area (Å²) in [6.07, 6.45) is -4.74. The maximum atomic E-state index is 12.4. The lowest BCUT2D eigenvalue weighted by Gasteiger charge is -2.14. The maximum Gasteiger partial charge on any atom is 0.573 e. The van der Waals surface area contributed by atoms with Crippen molar-refractivity contribution in [1.82, 2.24) is 14.6 Å². The average molecular weight is 348 g/mol. The van der Waals surface area contributed by atoms with E-state index in [2.05, 4.69) is 14.7 Å². The van der Waals surface area contributed by atoms with Crippen LogP contribution in [0.3, 0.4) is 0 Å². The van der Waals surface area contributed by atoms with E-state index in [-0.39, 0.29) is 11.2 Å². The van der Waals surface area contributed by atoms with Crippen LogP contribution in [0.2, 0.25) is 0 Å². The standard InChI is InChI=1S/C15H17ClF3N3O/c1-14(2,3)13-8-11(9-20-16)22(21-13)10-5-4-6-12(7-10)23-15(17,18)19/h4-8,20H,9H2,1-3H3. The van der Waals surface area contributed by atoms with Crippen LogP contribution in [0.4, 0.5) is 13.2 Å². The van der Waals surface area contributed by atoms with Crippen LogP contribution in [0.1, 0.15) is 32.2 Å². The third kappa shape index (κ3) is 4.62. The van der Waals surface area contributed by atoms with Crippen molar-refractivity contribution in [1.29, 1.82) is 0 Å². The zero-order valence-corrected chi connectivity index (χ0v) is 13.7. The summed E-state index contributed by atoms with van der Waals surface area (Å²) in [6, 6.07) is 7.52. The highest BCUT2D eigenvalue weighted by atomic mass is 35.5. The highest BCUT2D eigenvalue weighted by Gasteiger charge is 2.31. The molecule has 0 aliphatic carbocycles. The van der Waals surface area contributed by atoms with E-state index >= 15 is 0 Å². The topological polar surface area (TPSA) is 39.1 Å². The van der Waals surface area contributed by atoms with Gasteiger partial charge in [0.2, 0.25) is 0 Å². The van der Waals surface area contributed by atoms with Crippen molar-refractivity contribution in [3.8, 4) is 11.4 Å². The van der Waals surface area contributed by atoms with Crippen molar-refractivity contribution < 1.29 is 17.9 Å². The molecule has 0 spiro atoms. The summed E-state index contributed by atoms with van der Waals surface area (Å²) < 4.78 is 42.6. The quantitative estimate of drug-likeness (QED) is 0.837. The second-order valence-corrected chi connectivity index (χ2v) is 6.31. The third-order valence-corrected chi connectivity index (χ3v) is 3.23. The molecule has 1 aromatic heterocycles. The number of ether oxygens (including phenoxy) is 1. The summed E-state index contributed by atoms with van der Waals surface area (Å²) in [5.74, 6) is -0.299. The molecule has 2 rings (SSSR count). The van der Waals surface area contributed by atoms with E-state index in [9.17, 15) is 13.2 Å². The summed E-state index contributed by atoms with van der Waals surface area (Å²) >= 11 is 5.57. The molecule has 0 saturated carbocycles. The highest BCUT2D eigenvalue weighted by molar-refractivity contribution is 6.13. The first-order chi connectivity index (χ1) is 10.6. The van der Waals surface area contributed by atoms with Gasteiger partial charge in [0.15, 0.2) is 0 Å². The molecule has 1 N–H and O–H groups in total. The maximum absolute atomic E-state index is 12.4. The molecule has 0 fully saturated rings. The van der Waals surface area contributed by atoms with Gasteiger partial charge in [-0.2, -0.15) is 5.10 Å². The third-order valence-electron chi connectivity index (χ3n) is 3.10. The number of alkyl halides is 3. The Balaban J connectivity index is 2.44. The summed E-state index contributed by atoms with van der Waals surface area (Å²) in [6.45, 7) is 6.32. The van der Waals surface area contributed by atoms with Gasteiger partial charge in [-0.05, 0) is 30.0 Å². The van der Waals surface area contributed by atoms with Crippen LogP contribution in [0.25, 0.3) is 5.69 Å². The van der Waals surface area contributed by atoms with Gasteiger partial charge in [-0.15, -0.1) is 13.2 Å². The van der Waals surface area contributed by atoms with Crippen molar-refractivity contribution in [3.05, 3.63) is 41.7 Å². The summed E-state index contributed by atoms with van der Waals surface area (Å²) in [4.78, 5) is 2.51. The number of halogens is 4. The van der Waals surface area contributed by atoms with E-state index in [1.807, 2.05) is 26.8 Å². The average Bonchev–Trinajstić information content (AvgIpc) is 2.81. The Kier molecular flexibility index (Phi) is 4.91. The molecule has 1 aromatic carbocycles. The van der Waals surface area contributed by atoms with Crippen LogP contribution in [0, 0.1) is 0 Å². The summed E-state index contributed by atoms with van der Waals surface area (Å²) in [5, 5.41) is 4.49. The van der Waals surface area contributed by atoms with Gasteiger partial charge >= 0.3 is 6.36 Å². The van der Waals surface area contributed by atoms with Crippen LogP contribution >= 0.6 is 11.8 Å².